The maximum Gasteiger partial charge on any atom is 0.290 e. The summed E-state index contributed by atoms with van der Waals surface area (Å²) in [6.45, 7) is 2.59. The van der Waals surface area contributed by atoms with Crippen molar-refractivity contribution in [1.82, 2.24) is 19.9 Å². The van der Waals surface area contributed by atoms with Crippen LogP contribution in [0.25, 0.3) is 11.3 Å². The van der Waals surface area contributed by atoms with Crippen LogP contribution in [-0.2, 0) is 4.79 Å². The number of nitrogens with zero attached hydrogens (tertiary/aromatic N) is 5. The lowest BCUT2D eigenvalue weighted by atomic mass is 10.1. The summed E-state index contributed by atoms with van der Waals surface area (Å²) in [4.78, 5) is 37.9. The van der Waals surface area contributed by atoms with Crippen LogP contribution in [0.3, 0.4) is 0 Å². The number of ether oxygens (including phenoxy) is 1. The first-order valence-corrected chi connectivity index (χ1v) is 9.85. The standard InChI is InChI=1S/C21H22N6O2.CH2O2/c1-29-20-7-6-17(12-24-20)26-8-10-27(11-9-26)21(28)16-4-2-15(3-5-16)18-13-23-14-19(22)25-18;2-1-3/h2-7,12-14H,8-11H2,1H3,(H2,22,25);1H,(H,2,3). The molecule has 0 unspecified atom stereocenters. The van der Waals surface area contributed by atoms with E-state index >= 15 is 0 Å². The predicted molar refractivity (Wildman–Crippen MR) is 119 cm³/mol. The van der Waals surface area contributed by atoms with Crippen molar-refractivity contribution in [2.24, 2.45) is 0 Å². The Morgan fingerprint density at radius 3 is 2.31 bits per heavy atom. The van der Waals surface area contributed by atoms with Gasteiger partial charge in [-0.25, -0.2) is 9.97 Å². The van der Waals surface area contributed by atoms with Crippen LogP contribution in [-0.4, -0.2) is 70.6 Å². The highest BCUT2D eigenvalue weighted by atomic mass is 16.5. The van der Waals surface area contributed by atoms with Crippen LogP contribution < -0.4 is 15.4 Å². The number of nitrogens with two attached hydrogens (primary N) is 1. The van der Waals surface area contributed by atoms with E-state index in [1.54, 1.807) is 19.5 Å². The third-order valence-corrected chi connectivity index (χ3v) is 4.94. The van der Waals surface area contributed by atoms with E-state index < -0.39 is 0 Å². The largest absolute Gasteiger partial charge is 0.483 e. The zero-order valence-electron chi connectivity index (χ0n) is 17.6. The zero-order valence-corrected chi connectivity index (χ0v) is 17.6. The normalized spacial score (nSPS) is 13.0. The molecule has 0 bridgehead atoms. The van der Waals surface area contributed by atoms with Gasteiger partial charge in [0.15, 0.2) is 0 Å². The molecule has 3 N–H and O–H groups in total. The van der Waals surface area contributed by atoms with E-state index in [4.69, 9.17) is 20.4 Å². The Balaban J connectivity index is 0.000000913. The van der Waals surface area contributed by atoms with E-state index in [-0.39, 0.29) is 12.4 Å². The fraction of sp³-hybridized carbons (Fsp3) is 0.227. The molecule has 2 aromatic heterocycles. The third kappa shape index (κ3) is 5.48. The number of amides is 1. The SMILES string of the molecule is COc1ccc(N2CCN(C(=O)c3ccc(-c4cncc(N)n4)cc3)CC2)cn1.O=CO. The van der Waals surface area contributed by atoms with Gasteiger partial charge in [-0.1, -0.05) is 12.1 Å². The topological polar surface area (TPSA) is 135 Å². The number of piperazine rings is 1. The molecule has 1 aliphatic heterocycles. The van der Waals surface area contributed by atoms with E-state index in [0.717, 1.165) is 24.3 Å². The highest BCUT2D eigenvalue weighted by molar-refractivity contribution is 5.94. The average Bonchev–Trinajstić information content (AvgIpc) is 2.84. The molecule has 0 atom stereocenters. The molecule has 166 valence electrons. The number of methoxy groups -OCH3 is 1. The molecule has 3 heterocycles. The summed E-state index contributed by atoms with van der Waals surface area (Å²) < 4.78 is 5.10. The van der Waals surface area contributed by atoms with Crippen molar-refractivity contribution in [3.63, 3.8) is 0 Å². The van der Waals surface area contributed by atoms with Crippen LogP contribution in [0.15, 0.2) is 55.0 Å². The molecular weight excluding hydrogens is 412 g/mol. The number of hydrogen-bond acceptors (Lipinski definition) is 8. The number of benzene rings is 1. The molecule has 10 heteroatoms. The lowest BCUT2D eigenvalue weighted by Crippen LogP contribution is -2.48. The fourth-order valence-corrected chi connectivity index (χ4v) is 3.33. The van der Waals surface area contributed by atoms with Crippen LogP contribution in [0.5, 0.6) is 5.88 Å². The molecule has 1 aromatic carbocycles. The van der Waals surface area contributed by atoms with Crippen molar-refractivity contribution < 1.29 is 19.4 Å². The Morgan fingerprint density at radius 2 is 1.75 bits per heavy atom. The van der Waals surface area contributed by atoms with Crippen LogP contribution in [0.1, 0.15) is 10.4 Å². The first-order chi connectivity index (χ1) is 15.5. The number of rotatable bonds is 4. The minimum Gasteiger partial charge on any atom is -0.483 e. The summed E-state index contributed by atoms with van der Waals surface area (Å²) in [5.74, 6) is 0.991. The molecule has 3 aromatic rings. The maximum atomic E-state index is 12.9. The lowest BCUT2D eigenvalue weighted by Gasteiger charge is -2.36. The Hall–Kier alpha value is -4.21. The van der Waals surface area contributed by atoms with Crippen LogP contribution >= 0.6 is 0 Å². The molecule has 1 saturated heterocycles. The van der Waals surface area contributed by atoms with Crippen molar-refractivity contribution in [1.29, 1.82) is 0 Å². The van der Waals surface area contributed by atoms with Crippen molar-refractivity contribution in [3.8, 4) is 17.1 Å². The van der Waals surface area contributed by atoms with Crippen molar-refractivity contribution in [2.75, 3.05) is 43.9 Å². The molecule has 0 saturated carbocycles. The average molecular weight is 436 g/mol. The minimum atomic E-state index is -0.250. The summed E-state index contributed by atoms with van der Waals surface area (Å²) in [7, 11) is 1.60. The van der Waals surface area contributed by atoms with Gasteiger partial charge in [0.25, 0.3) is 12.4 Å². The molecule has 0 radical (unpaired) electrons. The van der Waals surface area contributed by atoms with Gasteiger partial charge in [0.1, 0.15) is 5.82 Å². The number of hydrogen-bond donors (Lipinski definition) is 2. The molecule has 0 aliphatic carbocycles. The number of anilines is 2. The zero-order chi connectivity index (χ0) is 22.9. The first kappa shape index (κ1) is 22.5. The lowest BCUT2D eigenvalue weighted by molar-refractivity contribution is -0.122. The fourth-order valence-electron chi connectivity index (χ4n) is 3.33. The summed E-state index contributed by atoms with van der Waals surface area (Å²) in [5.41, 5.74) is 8.94. The van der Waals surface area contributed by atoms with E-state index in [1.807, 2.05) is 41.3 Å². The molecule has 1 amide bonds. The summed E-state index contributed by atoms with van der Waals surface area (Å²) in [6, 6.07) is 11.2. The Labute approximate surface area is 185 Å². The first-order valence-electron chi connectivity index (χ1n) is 9.85. The van der Waals surface area contributed by atoms with E-state index in [2.05, 4.69) is 19.9 Å². The number of carbonyl (C=O) groups is 2. The Bertz CT molecular complexity index is 1040. The second-order valence-electron chi connectivity index (χ2n) is 6.85. The predicted octanol–water partition coefficient (Wildman–Crippen LogP) is 1.79. The highest BCUT2D eigenvalue weighted by Gasteiger charge is 2.22. The van der Waals surface area contributed by atoms with E-state index in [1.165, 1.54) is 6.20 Å². The smallest absolute Gasteiger partial charge is 0.290 e. The number of pyridine rings is 1. The molecule has 32 heavy (non-hydrogen) atoms. The quantitative estimate of drug-likeness (QED) is 0.587. The van der Waals surface area contributed by atoms with Gasteiger partial charge in [-0.15, -0.1) is 0 Å². The minimum absolute atomic E-state index is 0.0303. The molecule has 1 fully saturated rings. The van der Waals surface area contributed by atoms with Crippen molar-refractivity contribution in [3.05, 3.63) is 60.6 Å². The molecule has 0 spiro atoms. The third-order valence-electron chi connectivity index (χ3n) is 4.94. The molecule has 4 rings (SSSR count). The Morgan fingerprint density at radius 1 is 1.06 bits per heavy atom. The van der Waals surface area contributed by atoms with Gasteiger partial charge in [-0.2, -0.15) is 0 Å². The van der Waals surface area contributed by atoms with Crippen LogP contribution in [0.4, 0.5) is 11.5 Å². The monoisotopic (exact) mass is 436 g/mol. The van der Waals surface area contributed by atoms with Gasteiger partial charge >= 0.3 is 0 Å². The molecule has 10 nitrogen and oxygen atoms in total. The van der Waals surface area contributed by atoms with Crippen molar-refractivity contribution in [2.45, 2.75) is 0 Å². The van der Waals surface area contributed by atoms with Gasteiger partial charge in [0, 0.05) is 43.4 Å². The van der Waals surface area contributed by atoms with Crippen molar-refractivity contribution >= 4 is 23.9 Å². The maximum absolute atomic E-state index is 12.9. The summed E-state index contributed by atoms with van der Waals surface area (Å²) in [6.07, 6.45) is 4.96. The molecule has 1 aliphatic rings. The van der Waals surface area contributed by atoms with Crippen LogP contribution in [0.2, 0.25) is 0 Å². The van der Waals surface area contributed by atoms with Gasteiger partial charge in [-0.3, -0.25) is 14.6 Å². The highest BCUT2D eigenvalue weighted by Crippen LogP contribution is 2.21. The second kappa shape index (κ2) is 10.7. The molecular formula is C22H24N6O4. The summed E-state index contributed by atoms with van der Waals surface area (Å²) in [5, 5.41) is 6.89. The number of aromatic nitrogens is 3. The number of carbonyl (C=O) groups excluding carboxylic acids is 1. The van der Waals surface area contributed by atoms with E-state index in [9.17, 15) is 4.79 Å². The van der Waals surface area contributed by atoms with Crippen LogP contribution in [0, 0.1) is 0 Å². The van der Waals surface area contributed by atoms with Gasteiger partial charge < -0.3 is 25.4 Å². The van der Waals surface area contributed by atoms with Gasteiger partial charge in [0.05, 0.1) is 37.1 Å². The van der Waals surface area contributed by atoms with Gasteiger partial charge in [0.2, 0.25) is 5.88 Å². The van der Waals surface area contributed by atoms with E-state index in [0.29, 0.717) is 36.0 Å². The number of nitrogen functional groups attached to an aromatic ring is 1. The second-order valence-corrected chi connectivity index (χ2v) is 6.85. The van der Waals surface area contributed by atoms with Gasteiger partial charge in [-0.05, 0) is 18.2 Å². The number of carboxylic acid groups (broad SMARTS) is 1. The Kier molecular flexibility index (Phi) is 7.52. The summed E-state index contributed by atoms with van der Waals surface area (Å²) >= 11 is 0.